The first-order valence-corrected chi connectivity index (χ1v) is 9.68. The largest absolute Gasteiger partial charge is 0.443 e. The Morgan fingerprint density at radius 1 is 1.23 bits per heavy atom. The summed E-state index contributed by atoms with van der Waals surface area (Å²) in [6.45, 7) is 6.80. The number of benzene rings is 1. The standard InChI is InChI=1S/C22H23N3O/c1-14-13-26-21(23-14)18-12-22(2)9-5-10-24-11-8-16-15-6-3-4-7-17(15)25(18)19(16)20(22)24/h3-4,6-7,12-13,20H,5,8-11H2,1-2H3/t20-,22+/m1/s1. The number of fused-ring (bicyclic) bond motifs is 3. The lowest BCUT2D eigenvalue weighted by atomic mass is 9.69. The molecule has 5 heterocycles. The number of piperidine rings is 1. The first-order valence-electron chi connectivity index (χ1n) is 9.68. The maximum atomic E-state index is 5.87. The van der Waals surface area contributed by atoms with E-state index in [1.54, 1.807) is 6.26 Å². The van der Waals surface area contributed by atoms with E-state index in [0.717, 1.165) is 23.7 Å². The fraction of sp³-hybridized carbons (Fsp3) is 0.409. The molecule has 4 nitrogen and oxygen atoms in total. The lowest BCUT2D eigenvalue weighted by Gasteiger charge is -2.52. The van der Waals surface area contributed by atoms with Gasteiger partial charge < -0.3 is 8.98 Å². The average molecular weight is 345 g/mol. The number of hydrogen-bond acceptors (Lipinski definition) is 3. The molecular weight excluding hydrogens is 322 g/mol. The molecule has 0 amide bonds. The van der Waals surface area contributed by atoms with Gasteiger partial charge in [-0.1, -0.05) is 25.1 Å². The summed E-state index contributed by atoms with van der Waals surface area (Å²) in [6, 6.07) is 9.29. The van der Waals surface area contributed by atoms with E-state index in [-0.39, 0.29) is 5.41 Å². The van der Waals surface area contributed by atoms with E-state index in [4.69, 9.17) is 4.42 Å². The van der Waals surface area contributed by atoms with Gasteiger partial charge in [-0.3, -0.25) is 4.90 Å². The van der Waals surface area contributed by atoms with Crippen LogP contribution in [0.3, 0.4) is 0 Å². The van der Waals surface area contributed by atoms with Crippen molar-refractivity contribution in [2.75, 3.05) is 13.1 Å². The normalized spacial score (nSPS) is 27.5. The van der Waals surface area contributed by atoms with E-state index in [1.165, 1.54) is 48.1 Å². The van der Waals surface area contributed by atoms with Crippen molar-refractivity contribution in [2.24, 2.45) is 5.41 Å². The van der Waals surface area contributed by atoms with Crippen molar-refractivity contribution >= 4 is 16.6 Å². The van der Waals surface area contributed by atoms with E-state index in [1.807, 2.05) is 6.92 Å². The van der Waals surface area contributed by atoms with Gasteiger partial charge in [0.1, 0.15) is 12.0 Å². The van der Waals surface area contributed by atoms with Crippen molar-refractivity contribution in [3.8, 4) is 0 Å². The number of aryl methyl sites for hydroxylation is 1. The van der Waals surface area contributed by atoms with Crippen LogP contribution >= 0.6 is 0 Å². The summed E-state index contributed by atoms with van der Waals surface area (Å²) < 4.78 is 8.32. The van der Waals surface area contributed by atoms with Crippen molar-refractivity contribution in [1.29, 1.82) is 0 Å². The Labute approximate surface area is 153 Å². The van der Waals surface area contributed by atoms with Gasteiger partial charge in [0.15, 0.2) is 0 Å². The number of nitrogens with zero attached hydrogens (tertiary/aromatic N) is 3. The SMILES string of the molecule is Cc1coc(C2=C[C@]3(C)CCCN4CCc5c(n2c2ccccc52)[C@@H]43)n1. The lowest BCUT2D eigenvalue weighted by molar-refractivity contribution is 0.0409. The first-order chi connectivity index (χ1) is 12.7. The fourth-order valence-electron chi connectivity index (χ4n) is 5.62. The van der Waals surface area contributed by atoms with Gasteiger partial charge in [-0.2, -0.15) is 0 Å². The van der Waals surface area contributed by atoms with Crippen molar-refractivity contribution in [3.63, 3.8) is 0 Å². The third kappa shape index (κ3) is 1.75. The molecule has 3 aliphatic heterocycles. The Hall–Kier alpha value is -2.33. The molecule has 0 N–H and O–H groups in total. The second kappa shape index (κ2) is 4.89. The molecule has 3 aliphatic rings. The quantitative estimate of drug-likeness (QED) is 0.649. The Morgan fingerprint density at radius 3 is 2.96 bits per heavy atom. The monoisotopic (exact) mass is 345 g/mol. The van der Waals surface area contributed by atoms with Gasteiger partial charge in [0.2, 0.25) is 5.89 Å². The summed E-state index contributed by atoms with van der Waals surface area (Å²) in [4.78, 5) is 7.39. The van der Waals surface area contributed by atoms with Crippen molar-refractivity contribution in [3.05, 3.63) is 59.4 Å². The van der Waals surface area contributed by atoms with Gasteiger partial charge in [-0.05, 0) is 50.4 Å². The number of para-hydroxylation sites is 1. The first kappa shape index (κ1) is 14.8. The summed E-state index contributed by atoms with van der Waals surface area (Å²) in [5.41, 5.74) is 6.49. The molecule has 0 spiro atoms. The molecule has 0 unspecified atom stereocenters. The summed E-state index contributed by atoms with van der Waals surface area (Å²) >= 11 is 0. The predicted octanol–water partition coefficient (Wildman–Crippen LogP) is 4.54. The van der Waals surface area contributed by atoms with Gasteiger partial charge in [-0.25, -0.2) is 4.98 Å². The second-order valence-electron chi connectivity index (χ2n) is 8.34. The highest BCUT2D eigenvalue weighted by Gasteiger charge is 2.49. The summed E-state index contributed by atoms with van der Waals surface area (Å²) in [5.74, 6) is 0.744. The van der Waals surface area contributed by atoms with Crippen LogP contribution < -0.4 is 0 Å². The van der Waals surface area contributed by atoms with E-state index in [0.29, 0.717) is 6.04 Å². The van der Waals surface area contributed by atoms with E-state index in [9.17, 15) is 0 Å². The molecule has 0 bridgehead atoms. The van der Waals surface area contributed by atoms with Gasteiger partial charge >= 0.3 is 0 Å². The molecule has 132 valence electrons. The zero-order valence-electron chi connectivity index (χ0n) is 15.3. The summed E-state index contributed by atoms with van der Waals surface area (Å²) in [5, 5.41) is 1.39. The van der Waals surface area contributed by atoms with Crippen molar-refractivity contribution in [1.82, 2.24) is 14.5 Å². The Morgan fingerprint density at radius 2 is 2.12 bits per heavy atom. The molecule has 2 atom stereocenters. The lowest BCUT2D eigenvalue weighted by Crippen LogP contribution is -2.49. The maximum Gasteiger partial charge on any atom is 0.243 e. The Kier molecular flexibility index (Phi) is 2.78. The average Bonchev–Trinajstić information content (AvgIpc) is 3.22. The molecule has 2 aromatic heterocycles. The zero-order valence-corrected chi connectivity index (χ0v) is 15.3. The fourth-order valence-corrected chi connectivity index (χ4v) is 5.62. The van der Waals surface area contributed by atoms with Crippen LogP contribution in [0.5, 0.6) is 0 Å². The predicted molar refractivity (Wildman–Crippen MR) is 102 cm³/mol. The van der Waals surface area contributed by atoms with Crippen LogP contribution in [0.4, 0.5) is 0 Å². The smallest absolute Gasteiger partial charge is 0.243 e. The van der Waals surface area contributed by atoms with Crippen LogP contribution in [0.15, 0.2) is 41.0 Å². The zero-order chi connectivity index (χ0) is 17.5. The highest BCUT2D eigenvalue weighted by molar-refractivity contribution is 5.91. The minimum absolute atomic E-state index is 0.134. The second-order valence-corrected chi connectivity index (χ2v) is 8.34. The third-order valence-electron chi connectivity index (χ3n) is 6.62. The topological polar surface area (TPSA) is 34.2 Å². The Bertz CT molecular complexity index is 1070. The van der Waals surface area contributed by atoms with E-state index in [2.05, 4.69) is 51.7 Å². The number of hydrogen-bond donors (Lipinski definition) is 0. The molecule has 6 rings (SSSR count). The maximum absolute atomic E-state index is 5.87. The molecule has 1 aromatic carbocycles. The van der Waals surface area contributed by atoms with Crippen molar-refractivity contribution < 1.29 is 4.42 Å². The van der Waals surface area contributed by atoms with Gasteiger partial charge in [-0.15, -0.1) is 0 Å². The summed E-state index contributed by atoms with van der Waals surface area (Å²) in [7, 11) is 0. The van der Waals surface area contributed by atoms with Crippen LogP contribution in [0, 0.1) is 12.3 Å². The molecule has 0 aliphatic carbocycles. The van der Waals surface area contributed by atoms with Gasteiger partial charge in [0, 0.05) is 23.0 Å². The Balaban J connectivity index is 1.73. The number of rotatable bonds is 1. The van der Waals surface area contributed by atoms with Crippen LogP contribution in [0.2, 0.25) is 0 Å². The molecule has 4 heteroatoms. The van der Waals surface area contributed by atoms with Crippen LogP contribution in [-0.2, 0) is 6.42 Å². The summed E-state index contributed by atoms with van der Waals surface area (Å²) in [6.07, 6.45) is 7.82. The van der Waals surface area contributed by atoms with E-state index >= 15 is 0 Å². The number of aromatic nitrogens is 2. The minimum Gasteiger partial charge on any atom is -0.443 e. The van der Waals surface area contributed by atoms with Crippen molar-refractivity contribution in [2.45, 2.75) is 39.2 Å². The van der Waals surface area contributed by atoms with Crippen LogP contribution in [0.1, 0.15) is 48.6 Å². The molecule has 26 heavy (non-hydrogen) atoms. The number of oxazole rings is 1. The third-order valence-corrected chi connectivity index (χ3v) is 6.62. The van der Waals surface area contributed by atoms with Gasteiger partial charge in [0.25, 0.3) is 0 Å². The van der Waals surface area contributed by atoms with E-state index < -0.39 is 0 Å². The molecule has 3 aromatic rings. The molecule has 1 fully saturated rings. The highest BCUT2D eigenvalue weighted by Crippen LogP contribution is 2.55. The minimum atomic E-state index is 0.134. The highest BCUT2D eigenvalue weighted by atomic mass is 16.3. The van der Waals surface area contributed by atoms with Crippen LogP contribution in [-0.4, -0.2) is 27.5 Å². The molecule has 1 saturated heterocycles. The van der Waals surface area contributed by atoms with Gasteiger partial charge in [0.05, 0.1) is 17.3 Å². The molecule has 0 radical (unpaired) electrons. The molecule has 0 saturated carbocycles. The molecular formula is C22H23N3O. The van der Waals surface area contributed by atoms with Crippen LogP contribution in [0.25, 0.3) is 16.6 Å².